The summed E-state index contributed by atoms with van der Waals surface area (Å²) < 4.78 is 15.2. The second-order valence-electron chi connectivity index (χ2n) is 4.82. The Labute approximate surface area is 129 Å². The number of amides is 1. The molecule has 0 radical (unpaired) electrons. The Kier molecular flexibility index (Phi) is 5.97. The predicted octanol–water partition coefficient (Wildman–Crippen LogP) is 2.10. The van der Waals surface area contributed by atoms with Gasteiger partial charge < -0.3 is 14.2 Å². The summed E-state index contributed by atoms with van der Waals surface area (Å²) in [5.41, 5.74) is 0.996. The largest absolute Gasteiger partial charge is 0.457 e. The van der Waals surface area contributed by atoms with Gasteiger partial charge in [-0.3, -0.25) is 4.90 Å². The van der Waals surface area contributed by atoms with Crippen LogP contribution < -0.4 is 0 Å². The zero-order valence-electron chi connectivity index (χ0n) is 12.4. The minimum Gasteiger partial charge on any atom is -0.457 e. The quantitative estimate of drug-likeness (QED) is 0.722. The lowest BCUT2D eigenvalue weighted by Crippen LogP contribution is -2.20. The molecule has 1 unspecified atom stereocenters. The average molecular weight is 305 g/mol. The molecule has 6 heteroatoms. The Hall–Kier alpha value is -2.34. The zero-order valence-corrected chi connectivity index (χ0v) is 12.4. The summed E-state index contributed by atoms with van der Waals surface area (Å²) in [7, 11) is 0. The second kappa shape index (κ2) is 8.19. The lowest BCUT2D eigenvalue weighted by atomic mass is 10.2. The molecule has 0 bridgehead atoms. The van der Waals surface area contributed by atoms with Crippen LogP contribution in [0.3, 0.4) is 0 Å². The van der Waals surface area contributed by atoms with Crippen molar-refractivity contribution < 1.29 is 23.8 Å². The highest BCUT2D eigenvalue weighted by atomic mass is 16.6. The fourth-order valence-corrected chi connectivity index (χ4v) is 1.87. The molecule has 1 aliphatic rings. The highest BCUT2D eigenvalue weighted by Crippen LogP contribution is 2.05. The first kappa shape index (κ1) is 16.0. The van der Waals surface area contributed by atoms with Crippen LogP contribution in [0.1, 0.15) is 12.5 Å². The molecular weight excluding hydrogens is 286 g/mol. The van der Waals surface area contributed by atoms with E-state index in [1.807, 2.05) is 30.3 Å². The average Bonchev–Trinajstić information content (AvgIpc) is 2.91. The SMILES string of the molecule is CC(/C=C/N1CCOC1=O)OC(=O)COCc1ccccc1. The molecule has 1 saturated heterocycles. The number of nitrogens with zero attached hydrogens (tertiary/aromatic N) is 1. The third kappa shape index (κ3) is 5.21. The molecule has 22 heavy (non-hydrogen) atoms. The molecule has 1 heterocycles. The van der Waals surface area contributed by atoms with Gasteiger partial charge in [0.15, 0.2) is 0 Å². The van der Waals surface area contributed by atoms with Crippen LogP contribution in [0.5, 0.6) is 0 Å². The van der Waals surface area contributed by atoms with E-state index in [-0.39, 0.29) is 12.7 Å². The van der Waals surface area contributed by atoms with Crippen LogP contribution in [-0.2, 0) is 25.6 Å². The van der Waals surface area contributed by atoms with Gasteiger partial charge in [0.2, 0.25) is 0 Å². The summed E-state index contributed by atoms with van der Waals surface area (Å²) in [6.45, 7) is 2.85. The van der Waals surface area contributed by atoms with E-state index in [0.717, 1.165) is 5.56 Å². The summed E-state index contributed by atoms with van der Waals surface area (Å²) >= 11 is 0. The van der Waals surface area contributed by atoms with E-state index in [9.17, 15) is 9.59 Å². The van der Waals surface area contributed by atoms with Gasteiger partial charge in [0.05, 0.1) is 13.2 Å². The number of rotatable bonds is 7. The first-order chi connectivity index (χ1) is 10.6. The summed E-state index contributed by atoms with van der Waals surface area (Å²) in [5.74, 6) is -0.447. The third-order valence-corrected chi connectivity index (χ3v) is 2.98. The van der Waals surface area contributed by atoms with Crippen LogP contribution in [0.15, 0.2) is 42.6 Å². The molecule has 1 amide bonds. The van der Waals surface area contributed by atoms with Gasteiger partial charge in [0, 0.05) is 6.20 Å². The van der Waals surface area contributed by atoms with Gasteiger partial charge in [-0.25, -0.2) is 9.59 Å². The van der Waals surface area contributed by atoms with E-state index < -0.39 is 12.1 Å². The lowest BCUT2D eigenvalue weighted by Gasteiger charge is -2.11. The summed E-state index contributed by atoms with van der Waals surface area (Å²) in [5, 5.41) is 0. The lowest BCUT2D eigenvalue weighted by molar-refractivity contribution is -0.152. The second-order valence-corrected chi connectivity index (χ2v) is 4.82. The number of benzene rings is 1. The van der Waals surface area contributed by atoms with E-state index in [4.69, 9.17) is 14.2 Å². The Morgan fingerprint density at radius 2 is 2.18 bits per heavy atom. The molecule has 2 rings (SSSR count). The summed E-state index contributed by atoms with van der Waals surface area (Å²) in [6, 6.07) is 9.58. The molecule has 0 N–H and O–H groups in total. The number of ether oxygens (including phenoxy) is 3. The molecule has 0 spiro atoms. The van der Waals surface area contributed by atoms with Crippen molar-refractivity contribution >= 4 is 12.1 Å². The fraction of sp³-hybridized carbons (Fsp3) is 0.375. The molecule has 0 aromatic heterocycles. The molecule has 1 aromatic carbocycles. The highest BCUT2D eigenvalue weighted by Gasteiger charge is 2.19. The summed E-state index contributed by atoms with van der Waals surface area (Å²) in [6.07, 6.45) is 2.36. The van der Waals surface area contributed by atoms with Crippen molar-refractivity contribution in [1.29, 1.82) is 0 Å². The Morgan fingerprint density at radius 1 is 1.41 bits per heavy atom. The number of hydrogen-bond donors (Lipinski definition) is 0. The highest BCUT2D eigenvalue weighted by molar-refractivity contribution is 5.71. The number of carbonyl (C=O) groups is 2. The molecule has 118 valence electrons. The Morgan fingerprint density at radius 3 is 2.86 bits per heavy atom. The number of carbonyl (C=O) groups excluding carboxylic acids is 2. The molecule has 0 aliphatic carbocycles. The van der Waals surface area contributed by atoms with Gasteiger partial charge in [0.1, 0.15) is 19.3 Å². The number of hydrogen-bond acceptors (Lipinski definition) is 5. The Bertz CT molecular complexity index is 529. The van der Waals surface area contributed by atoms with Crippen LogP contribution in [0.2, 0.25) is 0 Å². The van der Waals surface area contributed by atoms with Crippen LogP contribution in [0.4, 0.5) is 4.79 Å². The monoisotopic (exact) mass is 305 g/mol. The number of cyclic esters (lactones) is 1. The van der Waals surface area contributed by atoms with E-state index in [1.54, 1.807) is 19.2 Å². The maximum atomic E-state index is 11.6. The van der Waals surface area contributed by atoms with Crippen LogP contribution >= 0.6 is 0 Å². The van der Waals surface area contributed by atoms with E-state index >= 15 is 0 Å². The van der Waals surface area contributed by atoms with Gasteiger partial charge >= 0.3 is 12.1 Å². The summed E-state index contributed by atoms with van der Waals surface area (Å²) in [4.78, 5) is 24.3. The van der Waals surface area contributed by atoms with E-state index in [1.165, 1.54) is 4.90 Å². The van der Waals surface area contributed by atoms with Gasteiger partial charge in [-0.2, -0.15) is 0 Å². The van der Waals surface area contributed by atoms with Crippen molar-refractivity contribution in [1.82, 2.24) is 4.90 Å². The molecule has 0 saturated carbocycles. The van der Waals surface area contributed by atoms with Crippen molar-refractivity contribution in [2.75, 3.05) is 19.8 Å². The first-order valence-electron chi connectivity index (χ1n) is 7.08. The maximum Gasteiger partial charge on any atom is 0.413 e. The van der Waals surface area contributed by atoms with E-state index in [0.29, 0.717) is 19.8 Å². The normalized spacial score (nSPS) is 15.9. The van der Waals surface area contributed by atoms with Crippen molar-refractivity contribution in [3.05, 3.63) is 48.2 Å². The first-order valence-corrected chi connectivity index (χ1v) is 7.08. The van der Waals surface area contributed by atoms with Crippen molar-refractivity contribution in [3.8, 4) is 0 Å². The van der Waals surface area contributed by atoms with Gasteiger partial charge in [-0.15, -0.1) is 0 Å². The number of esters is 1. The van der Waals surface area contributed by atoms with Gasteiger partial charge in [-0.05, 0) is 18.6 Å². The fourth-order valence-electron chi connectivity index (χ4n) is 1.87. The van der Waals surface area contributed by atoms with Crippen LogP contribution in [0.25, 0.3) is 0 Å². The van der Waals surface area contributed by atoms with Crippen molar-refractivity contribution in [2.24, 2.45) is 0 Å². The minimum absolute atomic E-state index is 0.112. The minimum atomic E-state index is -0.447. The van der Waals surface area contributed by atoms with Crippen LogP contribution in [-0.4, -0.2) is 42.8 Å². The van der Waals surface area contributed by atoms with Gasteiger partial charge in [-0.1, -0.05) is 30.3 Å². The van der Waals surface area contributed by atoms with Crippen LogP contribution in [0, 0.1) is 0 Å². The molecule has 1 atom stereocenters. The molecule has 6 nitrogen and oxygen atoms in total. The maximum absolute atomic E-state index is 11.6. The van der Waals surface area contributed by atoms with E-state index in [2.05, 4.69) is 0 Å². The molecule has 1 aromatic rings. The van der Waals surface area contributed by atoms with Gasteiger partial charge in [0.25, 0.3) is 0 Å². The molecular formula is C16H19NO5. The van der Waals surface area contributed by atoms with Crippen molar-refractivity contribution in [2.45, 2.75) is 19.6 Å². The third-order valence-electron chi connectivity index (χ3n) is 2.98. The standard InChI is InChI=1S/C16H19NO5/c1-13(7-8-17-9-10-21-16(17)19)22-15(18)12-20-11-14-5-3-2-4-6-14/h2-8,13H,9-12H2,1H3/b8-7+. The topological polar surface area (TPSA) is 65.1 Å². The zero-order chi connectivity index (χ0) is 15.8. The predicted molar refractivity (Wildman–Crippen MR) is 78.8 cm³/mol. The molecule has 1 aliphatic heterocycles. The Balaban J connectivity index is 1.65. The molecule has 1 fully saturated rings. The van der Waals surface area contributed by atoms with Crippen molar-refractivity contribution in [3.63, 3.8) is 0 Å². The smallest absolute Gasteiger partial charge is 0.413 e.